The maximum Gasteiger partial charge on any atom is 0.307 e. The predicted molar refractivity (Wildman–Crippen MR) is 129 cm³/mol. The molecule has 0 heterocycles. The van der Waals surface area contributed by atoms with Gasteiger partial charge in [-0.2, -0.15) is 0 Å². The number of carbonyl (C=O) groups excluding carboxylic acids is 2. The molecule has 0 amide bonds. The summed E-state index contributed by atoms with van der Waals surface area (Å²) in [6.07, 6.45) is 7.75. The molecule has 0 aliphatic rings. The molecule has 0 saturated heterocycles. The highest BCUT2D eigenvalue weighted by Gasteiger charge is 2.10. The number of hydrogen-bond acceptors (Lipinski definition) is 8. The summed E-state index contributed by atoms with van der Waals surface area (Å²) in [5, 5.41) is 0. The van der Waals surface area contributed by atoms with E-state index in [-0.39, 0.29) is 12.6 Å². The van der Waals surface area contributed by atoms with E-state index in [2.05, 4.69) is 42.3 Å². The van der Waals surface area contributed by atoms with Gasteiger partial charge in [-0.1, -0.05) is 13.5 Å². The van der Waals surface area contributed by atoms with Crippen molar-refractivity contribution < 1.29 is 23.8 Å². The zero-order chi connectivity index (χ0) is 23.9. The van der Waals surface area contributed by atoms with Gasteiger partial charge in [0.2, 0.25) is 0 Å². The first kappa shape index (κ1) is 30.5. The highest BCUT2D eigenvalue weighted by molar-refractivity contribution is 5.69. The quantitative estimate of drug-likeness (QED) is 0.0947. The zero-order valence-corrected chi connectivity index (χ0v) is 20.8. The van der Waals surface area contributed by atoms with Crippen LogP contribution in [0.1, 0.15) is 45.4 Å². The zero-order valence-electron chi connectivity index (χ0n) is 20.8. The van der Waals surface area contributed by atoms with Crippen LogP contribution in [-0.2, 0) is 23.8 Å². The van der Waals surface area contributed by atoms with Gasteiger partial charge in [0.15, 0.2) is 0 Å². The van der Waals surface area contributed by atoms with Crippen molar-refractivity contribution in [3.8, 4) is 0 Å². The molecule has 0 aromatic carbocycles. The number of hydrogen-bond donors (Lipinski definition) is 0. The van der Waals surface area contributed by atoms with E-state index < -0.39 is 0 Å². The second-order valence-electron chi connectivity index (χ2n) is 8.12. The number of unbranched alkanes of at least 4 members (excludes halogenated alkanes) is 1. The van der Waals surface area contributed by atoms with E-state index in [1.807, 2.05) is 0 Å². The third kappa shape index (κ3) is 20.4. The summed E-state index contributed by atoms with van der Waals surface area (Å²) in [6, 6.07) is 0. The standard InChI is InChI=1S/C24H47N3O5/c1-5-12-26(18-11-24(29)32-23-22-31-21-20-30-6-2)15-9-16-27(17-10-19-28)14-8-7-13-25(3)4/h6,19H,2,5,7-18,20-23H2,1,3-4H3. The lowest BCUT2D eigenvalue weighted by molar-refractivity contribution is -0.145. The summed E-state index contributed by atoms with van der Waals surface area (Å²) in [4.78, 5) is 29.7. The third-order valence-corrected chi connectivity index (χ3v) is 4.97. The Morgan fingerprint density at radius 2 is 1.50 bits per heavy atom. The van der Waals surface area contributed by atoms with Crippen LogP contribution in [0.4, 0.5) is 0 Å². The maximum atomic E-state index is 12.0. The Balaban J connectivity index is 4.09. The Morgan fingerprint density at radius 3 is 2.16 bits per heavy atom. The first-order valence-electron chi connectivity index (χ1n) is 12.0. The minimum Gasteiger partial charge on any atom is -0.499 e. The molecule has 0 rings (SSSR count). The van der Waals surface area contributed by atoms with Gasteiger partial charge >= 0.3 is 5.97 Å². The minimum atomic E-state index is -0.189. The van der Waals surface area contributed by atoms with Crippen LogP contribution in [-0.4, -0.2) is 113 Å². The molecule has 0 aromatic rings. The molecule has 0 aliphatic carbocycles. The van der Waals surface area contributed by atoms with E-state index in [1.165, 1.54) is 12.7 Å². The number of rotatable bonds is 24. The normalized spacial score (nSPS) is 11.3. The first-order chi connectivity index (χ1) is 15.5. The van der Waals surface area contributed by atoms with Gasteiger partial charge in [-0.15, -0.1) is 0 Å². The SMILES string of the molecule is C=COCCOCCOC(=O)CCN(CCC)CCCN(CCC=O)CCCCN(C)C. The fraction of sp³-hybridized carbons (Fsp3) is 0.833. The van der Waals surface area contributed by atoms with Crippen molar-refractivity contribution in [2.24, 2.45) is 0 Å². The van der Waals surface area contributed by atoms with E-state index in [0.717, 1.165) is 64.8 Å². The van der Waals surface area contributed by atoms with E-state index in [4.69, 9.17) is 14.2 Å². The van der Waals surface area contributed by atoms with E-state index >= 15 is 0 Å². The van der Waals surface area contributed by atoms with Gasteiger partial charge in [-0.3, -0.25) is 4.79 Å². The summed E-state index contributed by atoms with van der Waals surface area (Å²) >= 11 is 0. The average molecular weight is 458 g/mol. The van der Waals surface area contributed by atoms with Crippen molar-refractivity contribution in [3.05, 3.63) is 12.8 Å². The van der Waals surface area contributed by atoms with E-state index in [0.29, 0.717) is 39.2 Å². The topological polar surface area (TPSA) is 71.5 Å². The second-order valence-corrected chi connectivity index (χ2v) is 8.12. The van der Waals surface area contributed by atoms with Gasteiger partial charge in [-0.05, 0) is 72.5 Å². The Bertz CT molecular complexity index is 463. The molecular formula is C24H47N3O5. The minimum absolute atomic E-state index is 0.189. The molecule has 0 radical (unpaired) electrons. The summed E-state index contributed by atoms with van der Waals surface area (Å²) in [7, 11) is 4.19. The van der Waals surface area contributed by atoms with Crippen LogP contribution in [0.3, 0.4) is 0 Å². The van der Waals surface area contributed by atoms with Crippen LogP contribution in [0.15, 0.2) is 12.8 Å². The molecule has 0 spiro atoms. The molecule has 8 heteroatoms. The summed E-state index contributed by atoms with van der Waals surface area (Å²) < 4.78 is 15.5. The van der Waals surface area contributed by atoms with E-state index in [9.17, 15) is 9.59 Å². The van der Waals surface area contributed by atoms with Gasteiger partial charge in [0, 0.05) is 19.5 Å². The van der Waals surface area contributed by atoms with Crippen molar-refractivity contribution in [2.75, 3.05) is 86.3 Å². The first-order valence-corrected chi connectivity index (χ1v) is 12.0. The van der Waals surface area contributed by atoms with Crippen molar-refractivity contribution in [3.63, 3.8) is 0 Å². The number of esters is 1. The van der Waals surface area contributed by atoms with Crippen molar-refractivity contribution in [1.29, 1.82) is 0 Å². The lowest BCUT2D eigenvalue weighted by Gasteiger charge is -2.25. The summed E-state index contributed by atoms with van der Waals surface area (Å²) in [6.45, 7) is 13.7. The summed E-state index contributed by atoms with van der Waals surface area (Å²) in [5.41, 5.74) is 0. The highest BCUT2D eigenvalue weighted by atomic mass is 16.6. The van der Waals surface area contributed by atoms with Gasteiger partial charge in [0.25, 0.3) is 0 Å². The molecule has 0 N–H and O–H groups in total. The van der Waals surface area contributed by atoms with Gasteiger partial charge in [0.05, 0.1) is 25.9 Å². The fourth-order valence-electron chi connectivity index (χ4n) is 3.33. The van der Waals surface area contributed by atoms with Gasteiger partial charge in [0.1, 0.15) is 19.5 Å². The van der Waals surface area contributed by atoms with Gasteiger partial charge < -0.3 is 33.7 Å². The van der Waals surface area contributed by atoms with Crippen LogP contribution in [0.2, 0.25) is 0 Å². The molecule has 0 atom stereocenters. The fourth-order valence-corrected chi connectivity index (χ4v) is 3.33. The highest BCUT2D eigenvalue weighted by Crippen LogP contribution is 2.03. The van der Waals surface area contributed by atoms with Crippen molar-refractivity contribution in [2.45, 2.75) is 45.4 Å². The molecule has 0 saturated carbocycles. The smallest absolute Gasteiger partial charge is 0.307 e. The molecule has 0 bridgehead atoms. The Labute approximate surface area is 195 Å². The largest absolute Gasteiger partial charge is 0.499 e. The molecule has 32 heavy (non-hydrogen) atoms. The van der Waals surface area contributed by atoms with Crippen molar-refractivity contribution >= 4 is 12.3 Å². The lowest BCUT2D eigenvalue weighted by Crippen LogP contribution is -2.33. The number of ether oxygens (including phenoxy) is 3. The predicted octanol–water partition coefficient (Wildman–Crippen LogP) is 2.43. The molecule has 0 unspecified atom stereocenters. The number of carbonyl (C=O) groups is 2. The average Bonchev–Trinajstić information content (AvgIpc) is 2.77. The molecule has 8 nitrogen and oxygen atoms in total. The molecule has 0 aromatic heterocycles. The van der Waals surface area contributed by atoms with E-state index in [1.54, 1.807) is 0 Å². The third-order valence-electron chi connectivity index (χ3n) is 4.97. The lowest BCUT2D eigenvalue weighted by atomic mass is 10.2. The maximum absolute atomic E-state index is 12.0. The van der Waals surface area contributed by atoms with Gasteiger partial charge in [-0.25, -0.2) is 0 Å². The summed E-state index contributed by atoms with van der Waals surface area (Å²) in [5.74, 6) is -0.189. The molecule has 188 valence electrons. The van der Waals surface area contributed by atoms with Crippen LogP contribution in [0, 0.1) is 0 Å². The molecule has 0 fully saturated rings. The second kappa shape index (κ2) is 22.7. The number of aldehydes is 1. The van der Waals surface area contributed by atoms with Crippen LogP contribution >= 0.6 is 0 Å². The molecular weight excluding hydrogens is 410 g/mol. The Morgan fingerprint density at radius 1 is 0.844 bits per heavy atom. The Kier molecular flexibility index (Phi) is 21.7. The van der Waals surface area contributed by atoms with Crippen LogP contribution in [0.5, 0.6) is 0 Å². The Hall–Kier alpha value is -1.48. The molecule has 0 aliphatic heterocycles. The monoisotopic (exact) mass is 457 g/mol. The number of nitrogens with zero attached hydrogens (tertiary/aromatic N) is 3. The van der Waals surface area contributed by atoms with Crippen molar-refractivity contribution in [1.82, 2.24) is 14.7 Å². The van der Waals surface area contributed by atoms with Crippen LogP contribution in [0.25, 0.3) is 0 Å². The van der Waals surface area contributed by atoms with Crippen LogP contribution < -0.4 is 0 Å².